The SMILES string of the molecule is Cc1cc(Cl)c(CNC(=O)CC#N)cc1F. The number of rotatable bonds is 3. The minimum absolute atomic E-state index is 0.122. The monoisotopic (exact) mass is 240 g/mol. The van der Waals surface area contributed by atoms with E-state index in [4.69, 9.17) is 16.9 Å². The van der Waals surface area contributed by atoms with Crippen LogP contribution in [0.3, 0.4) is 0 Å². The number of carbonyl (C=O) groups excluding carboxylic acids is 1. The highest BCUT2D eigenvalue weighted by Crippen LogP contribution is 2.20. The molecular formula is C11H10ClFN2O. The summed E-state index contributed by atoms with van der Waals surface area (Å²) in [5.74, 6) is -0.770. The first-order valence-corrected chi connectivity index (χ1v) is 5.00. The lowest BCUT2D eigenvalue weighted by Gasteiger charge is -2.07. The number of hydrogen-bond donors (Lipinski definition) is 1. The average Bonchev–Trinajstić information content (AvgIpc) is 2.22. The summed E-state index contributed by atoms with van der Waals surface area (Å²) in [5.41, 5.74) is 0.952. The Labute approximate surface area is 97.8 Å². The Morgan fingerprint density at radius 3 is 2.94 bits per heavy atom. The lowest BCUT2D eigenvalue weighted by molar-refractivity contribution is -0.120. The summed E-state index contributed by atoms with van der Waals surface area (Å²) < 4.78 is 13.2. The highest BCUT2D eigenvalue weighted by atomic mass is 35.5. The van der Waals surface area contributed by atoms with E-state index in [1.165, 1.54) is 12.1 Å². The van der Waals surface area contributed by atoms with Crippen LogP contribution < -0.4 is 5.32 Å². The van der Waals surface area contributed by atoms with E-state index in [2.05, 4.69) is 5.32 Å². The summed E-state index contributed by atoms with van der Waals surface area (Å²) in [4.78, 5) is 11.0. The van der Waals surface area contributed by atoms with Crippen LogP contribution in [0.5, 0.6) is 0 Å². The number of nitrogens with zero attached hydrogens (tertiary/aromatic N) is 1. The van der Waals surface area contributed by atoms with Crippen molar-refractivity contribution < 1.29 is 9.18 Å². The zero-order valence-electron chi connectivity index (χ0n) is 8.68. The van der Waals surface area contributed by atoms with E-state index in [1.807, 2.05) is 0 Å². The summed E-state index contributed by atoms with van der Waals surface area (Å²) in [6, 6.07) is 4.50. The predicted octanol–water partition coefficient (Wildman–Crippen LogP) is 2.32. The fourth-order valence-electron chi connectivity index (χ4n) is 1.15. The number of aryl methyl sites for hydroxylation is 1. The van der Waals surface area contributed by atoms with E-state index >= 15 is 0 Å². The van der Waals surface area contributed by atoms with E-state index in [-0.39, 0.29) is 18.8 Å². The van der Waals surface area contributed by atoms with Crippen molar-refractivity contribution in [3.63, 3.8) is 0 Å². The molecule has 0 aliphatic heterocycles. The van der Waals surface area contributed by atoms with E-state index in [0.717, 1.165) is 0 Å². The molecule has 1 rings (SSSR count). The van der Waals surface area contributed by atoms with Crippen LogP contribution in [0.15, 0.2) is 12.1 Å². The van der Waals surface area contributed by atoms with Crippen LogP contribution in [-0.4, -0.2) is 5.91 Å². The molecule has 1 aromatic carbocycles. The molecule has 0 aliphatic rings. The zero-order valence-corrected chi connectivity index (χ0v) is 9.44. The average molecular weight is 241 g/mol. The van der Waals surface area contributed by atoms with Gasteiger partial charge in [-0.2, -0.15) is 5.26 Å². The van der Waals surface area contributed by atoms with Crippen molar-refractivity contribution >= 4 is 17.5 Å². The second kappa shape index (κ2) is 5.47. The zero-order chi connectivity index (χ0) is 12.1. The van der Waals surface area contributed by atoms with Crippen molar-refractivity contribution in [1.29, 1.82) is 5.26 Å². The number of halogens is 2. The summed E-state index contributed by atoms with van der Waals surface area (Å²) in [7, 11) is 0. The van der Waals surface area contributed by atoms with Gasteiger partial charge in [-0.25, -0.2) is 4.39 Å². The van der Waals surface area contributed by atoms with Crippen molar-refractivity contribution in [2.45, 2.75) is 19.9 Å². The molecule has 0 heterocycles. The second-order valence-corrected chi connectivity index (χ2v) is 3.71. The van der Waals surface area contributed by atoms with Gasteiger partial charge in [0, 0.05) is 11.6 Å². The van der Waals surface area contributed by atoms with Crippen LogP contribution >= 0.6 is 11.6 Å². The molecule has 16 heavy (non-hydrogen) atoms. The third-order valence-electron chi connectivity index (χ3n) is 2.04. The van der Waals surface area contributed by atoms with Gasteiger partial charge in [-0.05, 0) is 30.2 Å². The van der Waals surface area contributed by atoms with Crippen LogP contribution in [0.2, 0.25) is 5.02 Å². The smallest absolute Gasteiger partial charge is 0.234 e. The van der Waals surface area contributed by atoms with Gasteiger partial charge in [0.15, 0.2) is 0 Å². The molecule has 0 atom stereocenters. The standard InChI is InChI=1S/C11H10ClFN2O/c1-7-4-9(12)8(5-10(7)13)6-15-11(16)2-3-14/h4-5H,2,6H2,1H3,(H,15,16). The van der Waals surface area contributed by atoms with Gasteiger partial charge < -0.3 is 5.32 Å². The first kappa shape index (κ1) is 12.5. The first-order chi connectivity index (χ1) is 7.54. The maximum Gasteiger partial charge on any atom is 0.234 e. The number of nitrogens with one attached hydrogen (secondary N) is 1. The quantitative estimate of drug-likeness (QED) is 0.882. The van der Waals surface area contributed by atoms with Gasteiger partial charge in [0.05, 0.1) is 6.07 Å². The summed E-state index contributed by atoms with van der Waals surface area (Å²) in [6.45, 7) is 1.73. The number of hydrogen-bond acceptors (Lipinski definition) is 2. The molecule has 0 bridgehead atoms. The highest BCUT2D eigenvalue weighted by molar-refractivity contribution is 6.31. The topological polar surface area (TPSA) is 52.9 Å². The number of nitriles is 1. The minimum atomic E-state index is -0.403. The molecular weight excluding hydrogens is 231 g/mol. The second-order valence-electron chi connectivity index (χ2n) is 3.30. The molecule has 84 valence electrons. The van der Waals surface area contributed by atoms with Gasteiger partial charge in [-0.15, -0.1) is 0 Å². The summed E-state index contributed by atoms with van der Waals surface area (Å²) >= 11 is 5.88. The van der Waals surface area contributed by atoms with Crippen LogP contribution in [-0.2, 0) is 11.3 Å². The highest BCUT2D eigenvalue weighted by Gasteiger charge is 2.07. The van der Waals surface area contributed by atoms with Crippen molar-refractivity contribution in [1.82, 2.24) is 5.32 Å². The van der Waals surface area contributed by atoms with Crippen LogP contribution in [0.1, 0.15) is 17.5 Å². The van der Waals surface area contributed by atoms with Gasteiger partial charge in [0.2, 0.25) is 5.91 Å². The van der Waals surface area contributed by atoms with Crippen LogP contribution in [0, 0.1) is 24.1 Å². The normalized spacial score (nSPS) is 9.62. The van der Waals surface area contributed by atoms with Gasteiger partial charge in [0.1, 0.15) is 12.2 Å². The van der Waals surface area contributed by atoms with E-state index in [1.54, 1.807) is 13.0 Å². The van der Waals surface area contributed by atoms with E-state index < -0.39 is 5.91 Å². The van der Waals surface area contributed by atoms with Crippen LogP contribution in [0.25, 0.3) is 0 Å². The Balaban J connectivity index is 2.72. The fourth-order valence-corrected chi connectivity index (χ4v) is 1.44. The molecule has 3 nitrogen and oxygen atoms in total. The maximum absolute atomic E-state index is 13.2. The molecule has 5 heteroatoms. The molecule has 0 saturated heterocycles. The third kappa shape index (κ3) is 3.21. The third-order valence-corrected chi connectivity index (χ3v) is 2.40. The first-order valence-electron chi connectivity index (χ1n) is 4.62. The van der Waals surface area contributed by atoms with E-state index in [0.29, 0.717) is 16.1 Å². The largest absolute Gasteiger partial charge is 0.351 e. The molecule has 0 saturated carbocycles. The van der Waals surface area contributed by atoms with Gasteiger partial charge >= 0.3 is 0 Å². The fraction of sp³-hybridized carbons (Fsp3) is 0.273. The molecule has 0 fully saturated rings. The Morgan fingerprint density at radius 2 is 2.31 bits per heavy atom. The van der Waals surface area contributed by atoms with Crippen molar-refractivity contribution in [3.8, 4) is 6.07 Å². The van der Waals surface area contributed by atoms with Crippen molar-refractivity contribution in [3.05, 3.63) is 34.1 Å². The van der Waals surface area contributed by atoms with E-state index in [9.17, 15) is 9.18 Å². The van der Waals surface area contributed by atoms with Gasteiger partial charge in [-0.1, -0.05) is 11.6 Å². The maximum atomic E-state index is 13.2. The molecule has 1 aromatic rings. The summed E-state index contributed by atoms with van der Waals surface area (Å²) in [6.07, 6.45) is -0.216. The molecule has 0 aromatic heterocycles. The van der Waals surface area contributed by atoms with Crippen molar-refractivity contribution in [2.24, 2.45) is 0 Å². The number of amides is 1. The van der Waals surface area contributed by atoms with Crippen molar-refractivity contribution in [2.75, 3.05) is 0 Å². The minimum Gasteiger partial charge on any atom is -0.351 e. The molecule has 0 aliphatic carbocycles. The summed E-state index contributed by atoms with van der Waals surface area (Å²) in [5, 5.41) is 11.1. The van der Waals surface area contributed by atoms with Gasteiger partial charge in [-0.3, -0.25) is 4.79 Å². The molecule has 0 radical (unpaired) electrons. The lowest BCUT2D eigenvalue weighted by Crippen LogP contribution is -2.22. The number of benzene rings is 1. The molecule has 0 unspecified atom stereocenters. The molecule has 0 spiro atoms. The Hall–Kier alpha value is -1.60. The predicted molar refractivity (Wildman–Crippen MR) is 58.2 cm³/mol. The molecule has 1 amide bonds. The lowest BCUT2D eigenvalue weighted by atomic mass is 10.1. The van der Waals surface area contributed by atoms with Crippen LogP contribution in [0.4, 0.5) is 4.39 Å². The Kier molecular flexibility index (Phi) is 4.27. The van der Waals surface area contributed by atoms with Gasteiger partial charge in [0.25, 0.3) is 0 Å². The number of carbonyl (C=O) groups is 1. The Bertz CT molecular complexity index is 454. The molecule has 1 N–H and O–H groups in total. The Morgan fingerprint density at radius 1 is 1.62 bits per heavy atom.